The number of carbonyl (C=O) groups is 2. The Morgan fingerprint density at radius 2 is 2.32 bits per heavy atom. The number of methoxy groups -OCH3 is 1. The van der Waals surface area contributed by atoms with Gasteiger partial charge in [-0.05, 0) is 25.0 Å². The van der Waals surface area contributed by atoms with Gasteiger partial charge in [0.2, 0.25) is 5.91 Å². The second-order valence-corrected chi connectivity index (χ2v) is 5.18. The van der Waals surface area contributed by atoms with E-state index >= 15 is 0 Å². The minimum absolute atomic E-state index is 0.0994. The van der Waals surface area contributed by atoms with Crippen molar-refractivity contribution in [1.29, 1.82) is 0 Å². The number of ether oxygens (including phenoxy) is 1. The maximum atomic E-state index is 11.9. The fraction of sp³-hybridized carbons (Fsp3) is 0.500. The number of aromatic nitrogens is 1. The van der Waals surface area contributed by atoms with Crippen molar-refractivity contribution in [2.75, 3.05) is 7.11 Å². The lowest BCUT2D eigenvalue weighted by Gasteiger charge is -2.31. The highest BCUT2D eigenvalue weighted by Gasteiger charge is 2.36. The van der Waals surface area contributed by atoms with Crippen LogP contribution in [0.3, 0.4) is 0 Å². The Morgan fingerprint density at radius 3 is 2.95 bits per heavy atom. The van der Waals surface area contributed by atoms with Gasteiger partial charge in [-0.25, -0.2) is 0 Å². The fourth-order valence-electron chi connectivity index (χ4n) is 2.36. The lowest BCUT2D eigenvalue weighted by Crippen LogP contribution is -2.53. The first-order chi connectivity index (χ1) is 10.6. The highest BCUT2D eigenvalue weighted by Crippen LogP contribution is 2.19. The molecule has 0 spiro atoms. The average molecular weight is 306 g/mol. The van der Waals surface area contributed by atoms with Gasteiger partial charge in [0, 0.05) is 11.9 Å². The van der Waals surface area contributed by atoms with Crippen molar-refractivity contribution in [1.82, 2.24) is 10.3 Å². The van der Waals surface area contributed by atoms with E-state index in [2.05, 4.69) is 15.0 Å². The van der Waals surface area contributed by atoms with Crippen LogP contribution in [0, 0.1) is 0 Å². The van der Waals surface area contributed by atoms with Gasteiger partial charge in [0.25, 0.3) is 0 Å². The fourth-order valence-corrected chi connectivity index (χ4v) is 2.36. The number of carbonyl (C=O) groups excluding carboxylic acids is 2. The Labute approximate surface area is 129 Å². The summed E-state index contributed by atoms with van der Waals surface area (Å²) in [5.41, 5.74) is 0.662. The lowest BCUT2D eigenvalue weighted by atomic mass is 9.72. The van der Waals surface area contributed by atoms with Gasteiger partial charge in [0.1, 0.15) is 0 Å². The molecule has 0 unspecified atom stereocenters. The summed E-state index contributed by atoms with van der Waals surface area (Å²) in [7, 11) is 0.179. The van der Waals surface area contributed by atoms with Crippen molar-refractivity contribution >= 4 is 19.0 Å². The van der Waals surface area contributed by atoms with Crippen LogP contribution in [0.5, 0.6) is 0 Å². The normalized spacial score (nSPS) is 21.3. The number of amides is 1. The van der Waals surface area contributed by atoms with Gasteiger partial charge in [-0.1, -0.05) is 6.07 Å². The summed E-state index contributed by atoms with van der Waals surface area (Å²) in [6, 6.07) is 5.35. The number of pyridine rings is 1. The van der Waals surface area contributed by atoms with Crippen LogP contribution in [0.25, 0.3) is 0 Å². The topological polar surface area (TPSA) is 97.8 Å². The maximum Gasteiger partial charge on any atom is 0.478 e. The molecule has 22 heavy (non-hydrogen) atoms. The molecular weight excluding hydrogens is 287 g/mol. The predicted octanol–water partition coefficient (Wildman–Crippen LogP) is -0.129. The molecule has 1 saturated heterocycles. The summed E-state index contributed by atoms with van der Waals surface area (Å²) >= 11 is 0. The highest BCUT2D eigenvalue weighted by molar-refractivity contribution is 6.45. The van der Waals surface area contributed by atoms with Gasteiger partial charge in [-0.3, -0.25) is 14.6 Å². The SMILES string of the molecule is COC(=O)C[C@@H]1CC[C@H](NC(=O)Cc2ccccn2)B(O)O1. The van der Waals surface area contributed by atoms with Crippen molar-refractivity contribution < 1.29 is 24.0 Å². The summed E-state index contributed by atoms with van der Waals surface area (Å²) in [6.45, 7) is 0. The number of esters is 1. The molecule has 0 radical (unpaired) electrons. The van der Waals surface area contributed by atoms with Crippen LogP contribution in [-0.4, -0.2) is 48.2 Å². The van der Waals surface area contributed by atoms with E-state index in [1.165, 1.54) is 7.11 Å². The molecule has 2 heterocycles. The van der Waals surface area contributed by atoms with Crippen LogP contribution in [0.2, 0.25) is 0 Å². The Morgan fingerprint density at radius 1 is 1.50 bits per heavy atom. The van der Waals surface area contributed by atoms with E-state index in [4.69, 9.17) is 4.65 Å². The molecule has 1 aromatic rings. The standard InChI is InChI=1S/C14H19BN2O5/c1-21-14(19)9-11-5-6-12(15(20)22-11)17-13(18)8-10-4-2-3-7-16-10/h2-4,7,11-12,20H,5-6,8-9H2,1H3,(H,17,18)/t11-,12-/m0/s1. The lowest BCUT2D eigenvalue weighted by molar-refractivity contribution is -0.143. The van der Waals surface area contributed by atoms with E-state index in [0.717, 1.165) is 0 Å². The second-order valence-electron chi connectivity index (χ2n) is 5.18. The maximum absolute atomic E-state index is 11.9. The molecule has 2 N–H and O–H groups in total. The molecule has 2 atom stereocenters. The third kappa shape index (κ3) is 4.82. The molecule has 1 aliphatic heterocycles. The quantitative estimate of drug-likeness (QED) is 0.581. The number of nitrogens with one attached hydrogen (secondary N) is 1. The second kappa shape index (κ2) is 7.91. The monoisotopic (exact) mass is 306 g/mol. The summed E-state index contributed by atoms with van der Waals surface area (Å²) in [5.74, 6) is -1.09. The van der Waals surface area contributed by atoms with Gasteiger partial charge in [0.15, 0.2) is 0 Å². The summed E-state index contributed by atoms with van der Waals surface area (Å²) in [4.78, 5) is 27.2. The van der Waals surface area contributed by atoms with Gasteiger partial charge in [-0.15, -0.1) is 0 Å². The molecule has 2 rings (SSSR count). The van der Waals surface area contributed by atoms with E-state index in [-0.39, 0.29) is 30.8 Å². The Hall–Kier alpha value is -1.93. The molecular formula is C14H19BN2O5. The third-order valence-electron chi connectivity index (χ3n) is 3.51. The molecule has 7 nitrogen and oxygen atoms in total. The molecule has 0 saturated carbocycles. The van der Waals surface area contributed by atoms with Crippen molar-refractivity contribution in [2.45, 2.75) is 37.7 Å². The number of nitrogens with zero attached hydrogens (tertiary/aromatic N) is 1. The molecule has 1 amide bonds. The van der Waals surface area contributed by atoms with E-state index in [0.29, 0.717) is 18.5 Å². The van der Waals surface area contributed by atoms with Crippen molar-refractivity contribution in [3.05, 3.63) is 30.1 Å². The number of hydrogen-bond acceptors (Lipinski definition) is 6. The van der Waals surface area contributed by atoms with Crippen LogP contribution in [0.1, 0.15) is 25.0 Å². The van der Waals surface area contributed by atoms with Crippen LogP contribution < -0.4 is 5.32 Å². The van der Waals surface area contributed by atoms with Crippen LogP contribution >= 0.6 is 0 Å². The van der Waals surface area contributed by atoms with Crippen molar-refractivity contribution in [2.24, 2.45) is 0 Å². The van der Waals surface area contributed by atoms with Crippen LogP contribution in [0.4, 0.5) is 0 Å². The average Bonchev–Trinajstić information content (AvgIpc) is 2.51. The summed E-state index contributed by atoms with van der Waals surface area (Å²) in [6.07, 6.45) is 2.60. The van der Waals surface area contributed by atoms with Gasteiger partial charge in [0.05, 0.1) is 32.0 Å². The predicted molar refractivity (Wildman–Crippen MR) is 78.6 cm³/mol. The largest absolute Gasteiger partial charge is 0.478 e. The first kappa shape index (κ1) is 16.4. The van der Waals surface area contributed by atoms with E-state index in [1.54, 1.807) is 18.3 Å². The smallest absolute Gasteiger partial charge is 0.469 e. The van der Waals surface area contributed by atoms with Gasteiger partial charge < -0.3 is 19.7 Å². The molecule has 118 valence electrons. The molecule has 0 aliphatic carbocycles. The van der Waals surface area contributed by atoms with E-state index in [9.17, 15) is 14.6 Å². The Bertz CT molecular complexity index is 513. The zero-order valence-electron chi connectivity index (χ0n) is 12.4. The first-order valence-corrected chi connectivity index (χ1v) is 7.18. The third-order valence-corrected chi connectivity index (χ3v) is 3.51. The minimum atomic E-state index is -1.13. The number of hydrogen-bond donors (Lipinski definition) is 2. The molecule has 0 aromatic carbocycles. The zero-order valence-corrected chi connectivity index (χ0v) is 12.4. The molecule has 1 aliphatic rings. The molecule has 8 heteroatoms. The number of rotatable bonds is 5. The zero-order chi connectivity index (χ0) is 15.9. The Balaban J connectivity index is 1.79. The first-order valence-electron chi connectivity index (χ1n) is 7.18. The van der Waals surface area contributed by atoms with Gasteiger partial charge in [-0.2, -0.15) is 0 Å². The van der Waals surface area contributed by atoms with E-state index < -0.39 is 13.1 Å². The molecule has 0 bridgehead atoms. The van der Waals surface area contributed by atoms with E-state index in [1.807, 2.05) is 6.07 Å². The highest BCUT2D eigenvalue weighted by atomic mass is 16.5. The van der Waals surface area contributed by atoms with Crippen LogP contribution in [-0.2, 0) is 25.4 Å². The van der Waals surface area contributed by atoms with Crippen molar-refractivity contribution in [3.63, 3.8) is 0 Å². The minimum Gasteiger partial charge on any atom is -0.469 e. The Kier molecular flexibility index (Phi) is 5.91. The summed E-state index contributed by atoms with van der Waals surface area (Å²) in [5, 5.41) is 12.7. The summed E-state index contributed by atoms with van der Waals surface area (Å²) < 4.78 is 9.92. The molecule has 1 fully saturated rings. The van der Waals surface area contributed by atoms with Crippen molar-refractivity contribution in [3.8, 4) is 0 Å². The molecule has 1 aromatic heterocycles. The van der Waals surface area contributed by atoms with Gasteiger partial charge >= 0.3 is 13.1 Å². The van der Waals surface area contributed by atoms with Crippen LogP contribution in [0.15, 0.2) is 24.4 Å².